The molecule has 4 heteroatoms. The molecule has 0 aliphatic carbocycles. The second-order valence-electron chi connectivity index (χ2n) is 7.05. The lowest BCUT2D eigenvalue weighted by Gasteiger charge is -2.19. The predicted octanol–water partition coefficient (Wildman–Crippen LogP) is 4.95. The molecule has 24 heavy (non-hydrogen) atoms. The SMILES string of the molecule is Cc1cccc(-c2nnc(CNc3ccc(C(C)(C)C)cc3)o2)c1. The Morgan fingerprint density at radius 3 is 2.42 bits per heavy atom. The number of nitrogens with one attached hydrogen (secondary N) is 1. The zero-order valence-electron chi connectivity index (χ0n) is 14.6. The van der Waals surface area contributed by atoms with Gasteiger partial charge < -0.3 is 9.73 Å². The first-order chi connectivity index (χ1) is 11.4. The summed E-state index contributed by atoms with van der Waals surface area (Å²) in [4.78, 5) is 0. The molecule has 0 aliphatic rings. The van der Waals surface area contributed by atoms with Crippen LogP contribution < -0.4 is 5.32 Å². The summed E-state index contributed by atoms with van der Waals surface area (Å²) in [6, 6.07) is 16.5. The van der Waals surface area contributed by atoms with E-state index in [1.54, 1.807) is 0 Å². The summed E-state index contributed by atoms with van der Waals surface area (Å²) in [5.41, 5.74) is 4.63. The fraction of sp³-hybridized carbons (Fsp3) is 0.300. The van der Waals surface area contributed by atoms with Crippen molar-refractivity contribution in [3.8, 4) is 11.5 Å². The fourth-order valence-electron chi connectivity index (χ4n) is 2.49. The molecule has 1 aromatic heterocycles. The Labute approximate surface area is 142 Å². The first-order valence-corrected chi connectivity index (χ1v) is 8.16. The molecule has 0 fully saturated rings. The summed E-state index contributed by atoms with van der Waals surface area (Å²) in [5.74, 6) is 1.13. The third-order valence-corrected chi connectivity index (χ3v) is 3.93. The Kier molecular flexibility index (Phi) is 4.38. The van der Waals surface area contributed by atoms with Crippen LogP contribution in [0.2, 0.25) is 0 Å². The molecule has 0 radical (unpaired) electrons. The van der Waals surface area contributed by atoms with Crippen LogP contribution in [0.15, 0.2) is 52.9 Å². The molecule has 0 saturated carbocycles. The van der Waals surface area contributed by atoms with Gasteiger partial charge in [-0.2, -0.15) is 0 Å². The molecule has 0 amide bonds. The molecule has 1 N–H and O–H groups in total. The highest BCUT2D eigenvalue weighted by atomic mass is 16.4. The first-order valence-electron chi connectivity index (χ1n) is 8.16. The van der Waals surface area contributed by atoms with Crippen molar-refractivity contribution in [2.24, 2.45) is 0 Å². The zero-order chi connectivity index (χ0) is 17.2. The molecule has 1 heterocycles. The molecule has 3 aromatic rings. The van der Waals surface area contributed by atoms with Crippen molar-refractivity contribution in [3.63, 3.8) is 0 Å². The summed E-state index contributed by atoms with van der Waals surface area (Å²) in [6.07, 6.45) is 0. The lowest BCUT2D eigenvalue weighted by molar-refractivity contribution is 0.515. The largest absolute Gasteiger partial charge is 0.419 e. The highest BCUT2D eigenvalue weighted by Crippen LogP contribution is 2.24. The predicted molar refractivity (Wildman–Crippen MR) is 96.9 cm³/mol. The van der Waals surface area contributed by atoms with Gasteiger partial charge in [-0.05, 0) is 42.2 Å². The molecular formula is C20H23N3O. The summed E-state index contributed by atoms with van der Waals surface area (Å²) < 4.78 is 5.74. The molecule has 2 aromatic carbocycles. The first kappa shape index (κ1) is 16.2. The number of hydrogen-bond donors (Lipinski definition) is 1. The topological polar surface area (TPSA) is 51.0 Å². The van der Waals surface area contributed by atoms with Crippen LogP contribution in [0.25, 0.3) is 11.5 Å². The maximum Gasteiger partial charge on any atom is 0.247 e. The third kappa shape index (κ3) is 3.82. The van der Waals surface area contributed by atoms with Crippen LogP contribution in [0.3, 0.4) is 0 Å². The number of aromatic nitrogens is 2. The van der Waals surface area contributed by atoms with Crippen molar-refractivity contribution >= 4 is 5.69 Å². The van der Waals surface area contributed by atoms with Gasteiger partial charge in [-0.15, -0.1) is 10.2 Å². The second-order valence-corrected chi connectivity index (χ2v) is 7.05. The van der Waals surface area contributed by atoms with Gasteiger partial charge in [-0.3, -0.25) is 0 Å². The summed E-state index contributed by atoms with van der Waals surface area (Å²) >= 11 is 0. The minimum Gasteiger partial charge on any atom is -0.419 e. The van der Waals surface area contributed by atoms with Gasteiger partial charge in [-0.1, -0.05) is 50.6 Å². The van der Waals surface area contributed by atoms with E-state index in [0.29, 0.717) is 18.3 Å². The van der Waals surface area contributed by atoms with Crippen molar-refractivity contribution in [1.82, 2.24) is 10.2 Å². The maximum atomic E-state index is 5.74. The van der Waals surface area contributed by atoms with Crippen LogP contribution in [0.1, 0.15) is 37.8 Å². The number of benzene rings is 2. The van der Waals surface area contributed by atoms with Crippen molar-refractivity contribution in [1.29, 1.82) is 0 Å². The van der Waals surface area contributed by atoms with E-state index in [-0.39, 0.29) is 5.41 Å². The molecule has 0 bridgehead atoms. The normalized spacial score (nSPS) is 11.5. The van der Waals surface area contributed by atoms with Gasteiger partial charge in [0.1, 0.15) is 0 Å². The number of anilines is 1. The van der Waals surface area contributed by atoms with Crippen molar-refractivity contribution in [2.45, 2.75) is 39.7 Å². The van der Waals surface area contributed by atoms with E-state index >= 15 is 0 Å². The number of hydrogen-bond acceptors (Lipinski definition) is 4. The second kappa shape index (κ2) is 6.48. The van der Waals surface area contributed by atoms with E-state index in [2.05, 4.69) is 60.6 Å². The molecule has 0 saturated heterocycles. The average Bonchev–Trinajstić information content (AvgIpc) is 3.01. The quantitative estimate of drug-likeness (QED) is 0.738. The van der Waals surface area contributed by atoms with Crippen molar-refractivity contribution in [2.75, 3.05) is 5.32 Å². The molecular weight excluding hydrogens is 298 g/mol. The van der Waals surface area contributed by atoms with E-state index in [0.717, 1.165) is 11.3 Å². The standard InChI is InChI=1S/C20H23N3O/c1-14-6-5-7-15(12-14)19-23-22-18(24-19)13-21-17-10-8-16(9-11-17)20(2,3)4/h5-12,21H,13H2,1-4H3. The van der Waals surface area contributed by atoms with Crippen LogP contribution in [0, 0.1) is 6.92 Å². The molecule has 4 nitrogen and oxygen atoms in total. The minimum absolute atomic E-state index is 0.160. The van der Waals surface area contributed by atoms with Crippen LogP contribution in [-0.4, -0.2) is 10.2 Å². The van der Waals surface area contributed by atoms with Gasteiger partial charge in [-0.25, -0.2) is 0 Å². The van der Waals surface area contributed by atoms with Gasteiger partial charge in [0.25, 0.3) is 0 Å². The van der Waals surface area contributed by atoms with E-state index in [1.165, 1.54) is 11.1 Å². The highest BCUT2D eigenvalue weighted by molar-refractivity contribution is 5.53. The number of aryl methyl sites for hydroxylation is 1. The summed E-state index contributed by atoms with van der Waals surface area (Å²) in [5, 5.41) is 11.6. The van der Waals surface area contributed by atoms with Gasteiger partial charge >= 0.3 is 0 Å². The highest BCUT2D eigenvalue weighted by Gasteiger charge is 2.13. The minimum atomic E-state index is 0.160. The molecule has 0 aliphatic heterocycles. The molecule has 124 valence electrons. The lowest BCUT2D eigenvalue weighted by Crippen LogP contribution is -2.10. The Bertz CT molecular complexity index is 813. The van der Waals surface area contributed by atoms with Crippen LogP contribution in [-0.2, 0) is 12.0 Å². The number of nitrogens with zero attached hydrogens (tertiary/aromatic N) is 2. The molecule has 0 spiro atoms. The third-order valence-electron chi connectivity index (χ3n) is 3.93. The summed E-state index contributed by atoms with van der Waals surface area (Å²) in [7, 11) is 0. The van der Waals surface area contributed by atoms with E-state index in [1.807, 2.05) is 31.2 Å². The van der Waals surface area contributed by atoms with Crippen LogP contribution in [0.5, 0.6) is 0 Å². The van der Waals surface area contributed by atoms with Gasteiger partial charge in [0.05, 0.1) is 6.54 Å². The fourth-order valence-corrected chi connectivity index (χ4v) is 2.49. The Morgan fingerprint density at radius 1 is 1.00 bits per heavy atom. The smallest absolute Gasteiger partial charge is 0.247 e. The van der Waals surface area contributed by atoms with Gasteiger partial charge in [0, 0.05) is 11.3 Å². The summed E-state index contributed by atoms with van der Waals surface area (Å²) in [6.45, 7) is 9.18. The average molecular weight is 321 g/mol. The molecule has 0 unspecified atom stereocenters. The van der Waals surface area contributed by atoms with Gasteiger partial charge in [0.15, 0.2) is 0 Å². The van der Waals surface area contributed by atoms with E-state index < -0.39 is 0 Å². The van der Waals surface area contributed by atoms with Crippen molar-refractivity contribution < 1.29 is 4.42 Å². The lowest BCUT2D eigenvalue weighted by atomic mass is 9.87. The maximum absolute atomic E-state index is 5.74. The number of rotatable bonds is 4. The van der Waals surface area contributed by atoms with Crippen LogP contribution in [0.4, 0.5) is 5.69 Å². The Balaban J connectivity index is 1.65. The van der Waals surface area contributed by atoms with Crippen LogP contribution >= 0.6 is 0 Å². The Hall–Kier alpha value is -2.62. The van der Waals surface area contributed by atoms with Gasteiger partial charge in [0.2, 0.25) is 11.8 Å². The Morgan fingerprint density at radius 2 is 1.75 bits per heavy atom. The zero-order valence-corrected chi connectivity index (χ0v) is 14.6. The van der Waals surface area contributed by atoms with E-state index in [9.17, 15) is 0 Å². The van der Waals surface area contributed by atoms with E-state index in [4.69, 9.17) is 4.42 Å². The molecule has 0 atom stereocenters. The molecule has 3 rings (SSSR count). The monoisotopic (exact) mass is 321 g/mol. The van der Waals surface area contributed by atoms with Crippen molar-refractivity contribution in [3.05, 3.63) is 65.5 Å².